The minimum absolute atomic E-state index is 0.0892. The Kier molecular flexibility index (Phi) is 45.7. The summed E-state index contributed by atoms with van der Waals surface area (Å²) >= 11 is 0. The second-order valence-corrected chi connectivity index (χ2v) is 20.7. The van der Waals surface area contributed by atoms with Crippen LogP contribution in [0.3, 0.4) is 0 Å². The number of phosphoric ester groups is 1. The number of unbranched alkanes of at least 4 members (excludes halogenated alkanes) is 32. The Balaban J connectivity index is 4.10. The molecule has 0 aliphatic rings. The van der Waals surface area contributed by atoms with Gasteiger partial charge in [-0.2, -0.15) is 0 Å². The van der Waals surface area contributed by atoms with Crippen molar-refractivity contribution < 1.29 is 37.3 Å². The predicted octanol–water partition coefficient (Wildman–Crippen LogP) is 16.3. The number of carbonyl (C=O) groups is 1. The van der Waals surface area contributed by atoms with Crippen molar-refractivity contribution in [3.8, 4) is 0 Å². The van der Waals surface area contributed by atoms with Crippen LogP contribution in [0.4, 0.5) is 0 Å². The summed E-state index contributed by atoms with van der Waals surface area (Å²) < 4.78 is 35.2. The van der Waals surface area contributed by atoms with E-state index in [1.165, 1.54) is 199 Å². The van der Waals surface area contributed by atoms with Gasteiger partial charge in [0.1, 0.15) is 19.3 Å². The highest BCUT2D eigenvalue weighted by Gasteiger charge is 2.26. The fourth-order valence-corrected chi connectivity index (χ4v) is 8.34. The number of rotatable bonds is 50. The van der Waals surface area contributed by atoms with Gasteiger partial charge in [-0.15, -0.1) is 0 Å². The molecule has 0 saturated carbocycles. The number of nitrogens with zero attached hydrogens (tertiary/aromatic N) is 1. The number of esters is 1. The molecular weight excluding hydrogens is 794 g/mol. The molecule has 0 heterocycles. The number of carbonyl (C=O) groups excluding carboxylic acids is 1. The maximum Gasteiger partial charge on any atom is 0.472 e. The van der Waals surface area contributed by atoms with Gasteiger partial charge in [0.2, 0.25) is 0 Å². The Bertz CT molecular complexity index is 1050. The first kappa shape index (κ1) is 61.0. The lowest BCUT2D eigenvalue weighted by Gasteiger charge is -2.24. The van der Waals surface area contributed by atoms with Crippen molar-refractivity contribution in [2.24, 2.45) is 0 Å². The highest BCUT2D eigenvalue weighted by molar-refractivity contribution is 7.47. The molecule has 0 amide bonds. The molecule has 0 aromatic heterocycles. The molecular formula is C53H105NO7P+. The first-order valence-electron chi connectivity index (χ1n) is 26.6. The largest absolute Gasteiger partial charge is 0.472 e. The molecule has 0 bridgehead atoms. The van der Waals surface area contributed by atoms with E-state index in [9.17, 15) is 14.3 Å². The number of hydrogen-bond acceptors (Lipinski definition) is 6. The van der Waals surface area contributed by atoms with Crippen LogP contribution in [-0.4, -0.2) is 75.6 Å². The van der Waals surface area contributed by atoms with Gasteiger partial charge in [-0.25, -0.2) is 4.57 Å². The quantitative estimate of drug-likeness (QED) is 0.0214. The van der Waals surface area contributed by atoms with Crippen molar-refractivity contribution in [3.63, 3.8) is 0 Å². The summed E-state index contributed by atoms with van der Waals surface area (Å²) in [6, 6.07) is 0. The first-order chi connectivity index (χ1) is 30.1. The van der Waals surface area contributed by atoms with Crippen molar-refractivity contribution in [2.75, 3.05) is 54.1 Å². The van der Waals surface area contributed by atoms with Crippen LogP contribution < -0.4 is 0 Å². The molecule has 9 heteroatoms. The molecule has 0 spiro atoms. The zero-order valence-corrected chi connectivity index (χ0v) is 42.8. The maximum atomic E-state index is 12.8. The minimum atomic E-state index is -4.28. The van der Waals surface area contributed by atoms with E-state index < -0.39 is 13.9 Å². The van der Waals surface area contributed by atoms with E-state index in [0.717, 1.165) is 32.1 Å². The molecule has 0 aliphatic heterocycles. The predicted molar refractivity (Wildman–Crippen MR) is 266 cm³/mol. The van der Waals surface area contributed by atoms with Gasteiger partial charge in [-0.3, -0.25) is 13.8 Å². The molecule has 2 unspecified atom stereocenters. The lowest BCUT2D eigenvalue weighted by Crippen LogP contribution is -2.37. The highest BCUT2D eigenvalue weighted by Crippen LogP contribution is 2.43. The normalized spacial score (nSPS) is 13.7. The first-order valence-corrected chi connectivity index (χ1v) is 28.1. The number of allylic oxidation sites excluding steroid dienone is 4. The van der Waals surface area contributed by atoms with Gasteiger partial charge in [0.25, 0.3) is 0 Å². The molecule has 0 radical (unpaired) electrons. The van der Waals surface area contributed by atoms with Crippen LogP contribution in [0.2, 0.25) is 0 Å². The summed E-state index contributed by atoms with van der Waals surface area (Å²) in [7, 11) is 1.67. The molecule has 0 aliphatic carbocycles. The molecule has 0 aromatic rings. The summed E-state index contributed by atoms with van der Waals surface area (Å²) in [5.74, 6) is -0.314. The van der Waals surface area contributed by atoms with Gasteiger partial charge >= 0.3 is 13.8 Å². The Morgan fingerprint density at radius 3 is 1.23 bits per heavy atom. The monoisotopic (exact) mass is 899 g/mol. The standard InChI is InChI=1S/C53H104NO7P/c1-6-8-10-12-14-16-18-20-22-24-26-27-28-29-31-33-35-37-39-41-43-45-48-58-50-52(51-60-62(56,57)59-49-47-54(3,4)5)61-53(55)46-44-42-40-38-36-34-32-30-25-23-21-19-17-15-13-11-9-7-2/h23-26,52H,6-22,27-51H2,1-5H3/p+1/b25-23-,26-24-. The smallest absolute Gasteiger partial charge is 0.457 e. The fraction of sp³-hybridized carbons (Fsp3) is 0.906. The molecule has 0 saturated heterocycles. The highest BCUT2D eigenvalue weighted by atomic mass is 31.2. The van der Waals surface area contributed by atoms with Crippen molar-refractivity contribution in [1.82, 2.24) is 0 Å². The summed E-state index contributed by atoms with van der Waals surface area (Å²) in [5, 5.41) is 0. The van der Waals surface area contributed by atoms with E-state index in [-0.39, 0.29) is 25.8 Å². The number of quaternary nitrogens is 1. The van der Waals surface area contributed by atoms with Crippen LogP contribution in [0, 0.1) is 0 Å². The molecule has 0 aromatic carbocycles. The molecule has 8 nitrogen and oxygen atoms in total. The van der Waals surface area contributed by atoms with Gasteiger partial charge in [-0.1, -0.05) is 205 Å². The minimum Gasteiger partial charge on any atom is -0.457 e. The van der Waals surface area contributed by atoms with Crippen LogP contribution in [0.5, 0.6) is 0 Å². The Morgan fingerprint density at radius 1 is 0.484 bits per heavy atom. The fourth-order valence-electron chi connectivity index (χ4n) is 7.60. The molecule has 0 fully saturated rings. The third-order valence-electron chi connectivity index (χ3n) is 11.7. The van der Waals surface area contributed by atoms with Crippen molar-refractivity contribution in [2.45, 2.75) is 258 Å². The van der Waals surface area contributed by atoms with Crippen LogP contribution in [0.1, 0.15) is 251 Å². The Labute approximate surface area is 385 Å². The summed E-state index contributed by atoms with van der Waals surface area (Å²) in [5.41, 5.74) is 0. The Hall–Kier alpha value is -1.02. The number of likely N-dealkylation sites (N-methyl/N-ethyl adjacent to an activating group) is 1. The van der Waals surface area contributed by atoms with E-state index in [4.69, 9.17) is 18.5 Å². The lowest BCUT2D eigenvalue weighted by molar-refractivity contribution is -0.870. The molecule has 368 valence electrons. The number of ether oxygens (including phenoxy) is 2. The molecule has 0 rings (SSSR count). The second-order valence-electron chi connectivity index (χ2n) is 19.3. The van der Waals surface area contributed by atoms with Crippen LogP contribution in [0.25, 0.3) is 0 Å². The number of hydrogen-bond donors (Lipinski definition) is 1. The summed E-state index contributed by atoms with van der Waals surface area (Å²) in [4.78, 5) is 23.0. The average Bonchev–Trinajstić information content (AvgIpc) is 3.23. The van der Waals surface area contributed by atoms with E-state index in [0.29, 0.717) is 24.1 Å². The summed E-state index contributed by atoms with van der Waals surface area (Å²) in [6.45, 7) is 5.66. The van der Waals surface area contributed by atoms with Crippen LogP contribution >= 0.6 is 7.82 Å². The second kappa shape index (κ2) is 46.5. The van der Waals surface area contributed by atoms with E-state index in [1.54, 1.807) is 0 Å². The van der Waals surface area contributed by atoms with Crippen LogP contribution in [0.15, 0.2) is 24.3 Å². The van der Waals surface area contributed by atoms with Crippen molar-refractivity contribution in [1.29, 1.82) is 0 Å². The van der Waals surface area contributed by atoms with Gasteiger partial charge in [0.05, 0.1) is 34.4 Å². The average molecular weight is 899 g/mol. The number of phosphoric acid groups is 1. The van der Waals surface area contributed by atoms with Crippen molar-refractivity contribution in [3.05, 3.63) is 24.3 Å². The Morgan fingerprint density at radius 2 is 0.839 bits per heavy atom. The van der Waals surface area contributed by atoms with Gasteiger partial charge < -0.3 is 18.9 Å². The third kappa shape index (κ3) is 50.0. The molecule has 1 N–H and O–H groups in total. The van der Waals surface area contributed by atoms with Gasteiger partial charge in [0.15, 0.2) is 0 Å². The zero-order chi connectivity index (χ0) is 45.5. The SMILES string of the molecule is CCCCCCCCC/C=C\CCCCCCCCCC(=O)OC(COCCCCCCCCCCCC/C=C\CCCCCCCCCC)COP(=O)(O)OCC[N+](C)(C)C. The topological polar surface area (TPSA) is 91.3 Å². The summed E-state index contributed by atoms with van der Waals surface area (Å²) in [6.07, 6.45) is 55.1. The lowest BCUT2D eigenvalue weighted by atomic mass is 10.1. The van der Waals surface area contributed by atoms with Crippen molar-refractivity contribution >= 4 is 13.8 Å². The van der Waals surface area contributed by atoms with E-state index >= 15 is 0 Å². The maximum absolute atomic E-state index is 12.8. The van der Waals surface area contributed by atoms with Crippen LogP contribution in [-0.2, 0) is 27.9 Å². The molecule has 2 atom stereocenters. The molecule has 62 heavy (non-hydrogen) atoms. The van der Waals surface area contributed by atoms with E-state index in [1.807, 2.05) is 21.1 Å². The third-order valence-corrected chi connectivity index (χ3v) is 12.7. The van der Waals surface area contributed by atoms with E-state index in [2.05, 4.69) is 38.2 Å². The van der Waals surface area contributed by atoms with Gasteiger partial charge in [0, 0.05) is 13.0 Å². The van der Waals surface area contributed by atoms with Gasteiger partial charge in [-0.05, 0) is 64.2 Å². The zero-order valence-electron chi connectivity index (χ0n) is 41.9.